The van der Waals surface area contributed by atoms with Crippen LogP contribution in [0.1, 0.15) is 21.5 Å². The van der Waals surface area contributed by atoms with Gasteiger partial charge < -0.3 is 9.47 Å². The summed E-state index contributed by atoms with van der Waals surface area (Å²) in [6, 6.07) is 1.56. The van der Waals surface area contributed by atoms with Gasteiger partial charge in [0, 0.05) is 5.02 Å². The lowest BCUT2D eigenvalue weighted by molar-refractivity contribution is 0.0597. The Hall–Kier alpha value is -1.22. The van der Waals surface area contributed by atoms with Gasteiger partial charge in [0.05, 0.1) is 14.2 Å². The topological polar surface area (TPSA) is 35.5 Å². The van der Waals surface area contributed by atoms with E-state index in [-0.39, 0.29) is 0 Å². The Balaban J connectivity index is 3.45. The van der Waals surface area contributed by atoms with Crippen molar-refractivity contribution in [2.24, 2.45) is 0 Å². The molecule has 3 nitrogen and oxygen atoms in total. The van der Waals surface area contributed by atoms with Gasteiger partial charge in [0.25, 0.3) is 0 Å². The zero-order valence-electron chi connectivity index (χ0n) is 9.18. The second-order valence-electron chi connectivity index (χ2n) is 3.18. The minimum absolute atomic E-state index is 0.355. The Morgan fingerprint density at radius 2 is 1.87 bits per heavy atom. The lowest BCUT2D eigenvalue weighted by atomic mass is 10.0. The lowest BCUT2D eigenvalue weighted by Gasteiger charge is -2.13. The fourth-order valence-electron chi connectivity index (χ4n) is 1.38. The van der Waals surface area contributed by atoms with E-state index in [0.717, 1.165) is 11.1 Å². The maximum Gasteiger partial charge on any atom is 0.341 e. The molecule has 0 aliphatic carbocycles. The van der Waals surface area contributed by atoms with E-state index >= 15 is 0 Å². The SMILES string of the molecule is COC(=O)c1cc(Cl)c(C)c(C)c1OC. The molecule has 0 saturated carbocycles. The molecule has 0 bridgehead atoms. The van der Waals surface area contributed by atoms with Crippen molar-refractivity contribution < 1.29 is 14.3 Å². The fourth-order valence-corrected chi connectivity index (χ4v) is 1.63. The molecule has 0 fully saturated rings. The molecule has 1 aromatic carbocycles. The van der Waals surface area contributed by atoms with Crippen molar-refractivity contribution in [3.8, 4) is 5.75 Å². The molecule has 0 amide bonds. The van der Waals surface area contributed by atoms with E-state index in [1.165, 1.54) is 14.2 Å². The van der Waals surface area contributed by atoms with Crippen molar-refractivity contribution in [3.63, 3.8) is 0 Å². The molecule has 0 aliphatic heterocycles. The zero-order chi connectivity index (χ0) is 11.6. The molecule has 1 aromatic rings. The Morgan fingerprint density at radius 3 is 2.33 bits per heavy atom. The molecular weight excluding hydrogens is 216 g/mol. The van der Waals surface area contributed by atoms with Crippen LogP contribution in [0, 0.1) is 13.8 Å². The van der Waals surface area contributed by atoms with Gasteiger partial charge in [-0.2, -0.15) is 0 Å². The van der Waals surface area contributed by atoms with Crippen LogP contribution in [0.25, 0.3) is 0 Å². The molecule has 0 unspecified atom stereocenters. The molecule has 0 N–H and O–H groups in total. The van der Waals surface area contributed by atoms with E-state index in [0.29, 0.717) is 16.3 Å². The van der Waals surface area contributed by atoms with Crippen LogP contribution in [0.4, 0.5) is 0 Å². The van der Waals surface area contributed by atoms with Crippen LogP contribution in [0.3, 0.4) is 0 Å². The smallest absolute Gasteiger partial charge is 0.341 e. The van der Waals surface area contributed by atoms with E-state index in [4.69, 9.17) is 16.3 Å². The Bertz CT molecular complexity index is 399. The average Bonchev–Trinajstić information content (AvgIpc) is 2.24. The molecule has 0 radical (unpaired) electrons. The number of carbonyl (C=O) groups is 1. The first kappa shape index (κ1) is 11.9. The first-order chi connectivity index (χ1) is 7.02. The standard InChI is InChI=1S/C11H13ClO3/c1-6-7(2)10(14-3)8(5-9(6)12)11(13)15-4/h5H,1-4H3. The van der Waals surface area contributed by atoms with Gasteiger partial charge in [-0.25, -0.2) is 4.79 Å². The fraction of sp³-hybridized carbons (Fsp3) is 0.364. The highest BCUT2D eigenvalue weighted by Gasteiger charge is 2.18. The van der Waals surface area contributed by atoms with E-state index in [2.05, 4.69) is 4.74 Å². The molecule has 15 heavy (non-hydrogen) atoms. The molecule has 1 rings (SSSR count). The third-order valence-electron chi connectivity index (χ3n) is 2.39. The van der Waals surface area contributed by atoms with E-state index in [9.17, 15) is 4.79 Å². The van der Waals surface area contributed by atoms with E-state index < -0.39 is 5.97 Å². The second kappa shape index (κ2) is 4.53. The molecule has 4 heteroatoms. The van der Waals surface area contributed by atoms with Gasteiger partial charge >= 0.3 is 5.97 Å². The third kappa shape index (κ3) is 2.07. The van der Waals surface area contributed by atoms with Crippen LogP contribution >= 0.6 is 11.6 Å². The molecule has 0 saturated heterocycles. The predicted octanol–water partition coefficient (Wildman–Crippen LogP) is 2.75. The summed E-state index contributed by atoms with van der Waals surface area (Å²) in [5.74, 6) is 0.0700. The number of hydrogen-bond donors (Lipinski definition) is 0. The highest BCUT2D eigenvalue weighted by molar-refractivity contribution is 6.32. The van der Waals surface area contributed by atoms with E-state index in [1.807, 2.05) is 13.8 Å². The van der Waals surface area contributed by atoms with Crippen LogP contribution in [0.15, 0.2) is 6.07 Å². The molecule has 0 spiro atoms. The van der Waals surface area contributed by atoms with Gasteiger partial charge in [0.2, 0.25) is 0 Å². The van der Waals surface area contributed by atoms with Crippen LogP contribution in [-0.2, 0) is 4.74 Å². The van der Waals surface area contributed by atoms with Crippen molar-refractivity contribution in [2.75, 3.05) is 14.2 Å². The summed E-state index contributed by atoms with van der Waals surface area (Å²) in [6.45, 7) is 3.73. The number of halogens is 1. The van der Waals surface area contributed by atoms with E-state index in [1.54, 1.807) is 6.07 Å². The number of ether oxygens (including phenoxy) is 2. The summed E-state index contributed by atoms with van der Waals surface area (Å²) >= 11 is 5.99. The van der Waals surface area contributed by atoms with Crippen molar-refractivity contribution in [1.29, 1.82) is 0 Å². The summed E-state index contributed by atoms with van der Waals surface area (Å²) < 4.78 is 9.83. The van der Waals surface area contributed by atoms with Crippen LogP contribution in [0.2, 0.25) is 5.02 Å². The van der Waals surface area contributed by atoms with Gasteiger partial charge in [-0.15, -0.1) is 0 Å². The molecular formula is C11H13ClO3. The second-order valence-corrected chi connectivity index (χ2v) is 3.59. The quantitative estimate of drug-likeness (QED) is 0.731. The van der Waals surface area contributed by atoms with Crippen LogP contribution < -0.4 is 4.74 Å². The Labute approximate surface area is 93.9 Å². The van der Waals surface area contributed by atoms with Crippen LogP contribution in [-0.4, -0.2) is 20.2 Å². The van der Waals surface area contributed by atoms with Crippen molar-refractivity contribution >= 4 is 17.6 Å². The lowest BCUT2D eigenvalue weighted by Crippen LogP contribution is -2.06. The summed E-state index contributed by atoms with van der Waals surface area (Å²) in [7, 11) is 2.84. The minimum Gasteiger partial charge on any atom is -0.496 e. The Morgan fingerprint density at radius 1 is 1.27 bits per heavy atom. The summed E-state index contributed by atoms with van der Waals surface area (Å²) in [4.78, 5) is 11.4. The zero-order valence-corrected chi connectivity index (χ0v) is 9.94. The van der Waals surface area contributed by atoms with Gasteiger partial charge in [-0.1, -0.05) is 11.6 Å². The van der Waals surface area contributed by atoms with Gasteiger partial charge in [-0.05, 0) is 31.0 Å². The molecule has 0 heterocycles. The highest BCUT2D eigenvalue weighted by Crippen LogP contribution is 2.31. The largest absolute Gasteiger partial charge is 0.496 e. The molecule has 82 valence electrons. The number of esters is 1. The number of benzene rings is 1. The van der Waals surface area contributed by atoms with Crippen molar-refractivity contribution in [3.05, 3.63) is 27.8 Å². The Kier molecular flexibility index (Phi) is 3.58. The summed E-state index contributed by atoms with van der Waals surface area (Å²) in [5, 5.41) is 0.536. The number of methoxy groups -OCH3 is 2. The highest BCUT2D eigenvalue weighted by atomic mass is 35.5. The maximum absolute atomic E-state index is 11.4. The van der Waals surface area contributed by atoms with Gasteiger partial charge in [-0.3, -0.25) is 0 Å². The monoisotopic (exact) mass is 228 g/mol. The van der Waals surface area contributed by atoms with Crippen LogP contribution in [0.5, 0.6) is 5.75 Å². The normalized spacial score (nSPS) is 9.93. The average molecular weight is 229 g/mol. The maximum atomic E-state index is 11.4. The number of rotatable bonds is 2. The summed E-state index contributed by atoms with van der Waals surface area (Å²) in [6.07, 6.45) is 0. The predicted molar refractivity (Wildman–Crippen MR) is 58.8 cm³/mol. The number of hydrogen-bond acceptors (Lipinski definition) is 3. The number of carbonyl (C=O) groups excluding carboxylic acids is 1. The van der Waals surface area contributed by atoms with Crippen molar-refractivity contribution in [1.82, 2.24) is 0 Å². The molecule has 0 atom stereocenters. The van der Waals surface area contributed by atoms with Crippen molar-refractivity contribution in [2.45, 2.75) is 13.8 Å². The summed E-state index contributed by atoms with van der Waals surface area (Å²) in [5.41, 5.74) is 2.11. The van der Waals surface area contributed by atoms with Gasteiger partial charge in [0.15, 0.2) is 0 Å². The molecule has 0 aromatic heterocycles. The first-order valence-corrected chi connectivity index (χ1v) is 4.82. The molecule has 0 aliphatic rings. The third-order valence-corrected chi connectivity index (χ3v) is 2.78. The minimum atomic E-state index is -0.447. The first-order valence-electron chi connectivity index (χ1n) is 4.45. The van der Waals surface area contributed by atoms with Gasteiger partial charge in [0.1, 0.15) is 11.3 Å².